The SMILES string of the molecule is CCCNC(=O)[C@@H](C)OC(=O)c1c(C)nn(-c2ccc(F)cc2)c1Cl. The van der Waals surface area contributed by atoms with Crippen LogP contribution in [0.15, 0.2) is 24.3 Å². The first-order valence-corrected chi connectivity index (χ1v) is 8.22. The van der Waals surface area contributed by atoms with Crippen LogP contribution in [-0.2, 0) is 9.53 Å². The van der Waals surface area contributed by atoms with Crippen molar-refractivity contribution in [2.24, 2.45) is 0 Å². The van der Waals surface area contributed by atoms with Crippen molar-refractivity contribution in [3.63, 3.8) is 0 Å². The summed E-state index contributed by atoms with van der Waals surface area (Å²) in [6.07, 6.45) is -0.175. The molecule has 0 radical (unpaired) electrons. The molecule has 0 bridgehead atoms. The number of rotatable bonds is 6. The van der Waals surface area contributed by atoms with Crippen molar-refractivity contribution in [2.75, 3.05) is 6.54 Å². The molecule has 1 aromatic heterocycles. The molecule has 1 N–H and O–H groups in total. The topological polar surface area (TPSA) is 73.2 Å². The van der Waals surface area contributed by atoms with Crippen LogP contribution in [0.3, 0.4) is 0 Å². The second-order valence-corrected chi connectivity index (χ2v) is 5.84. The number of hydrogen-bond donors (Lipinski definition) is 1. The van der Waals surface area contributed by atoms with Gasteiger partial charge in [-0.15, -0.1) is 0 Å². The van der Waals surface area contributed by atoms with E-state index in [2.05, 4.69) is 10.4 Å². The molecule has 2 rings (SSSR count). The third-order valence-corrected chi connectivity index (χ3v) is 3.83. The van der Waals surface area contributed by atoms with E-state index >= 15 is 0 Å². The molecule has 0 aliphatic heterocycles. The number of halogens is 2. The Morgan fingerprint density at radius 2 is 2.00 bits per heavy atom. The van der Waals surface area contributed by atoms with Crippen LogP contribution in [0.25, 0.3) is 5.69 Å². The van der Waals surface area contributed by atoms with Gasteiger partial charge in [-0.1, -0.05) is 18.5 Å². The van der Waals surface area contributed by atoms with Gasteiger partial charge >= 0.3 is 5.97 Å². The molecule has 2 aromatic rings. The Morgan fingerprint density at radius 3 is 2.60 bits per heavy atom. The molecule has 134 valence electrons. The van der Waals surface area contributed by atoms with E-state index in [-0.39, 0.29) is 16.6 Å². The second-order valence-electron chi connectivity index (χ2n) is 5.48. The maximum absolute atomic E-state index is 13.0. The van der Waals surface area contributed by atoms with E-state index in [9.17, 15) is 14.0 Å². The molecule has 0 saturated carbocycles. The smallest absolute Gasteiger partial charge is 0.344 e. The first-order valence-electron chi connectivity index (χ1n) is 7.84. The van der Waals surface area contributed by atoms with Crippen molar-refractivity contribution < 1.29 is 18.7 Å². The minimum Gasteiger partial charge on any atom is -0.449 e. The Bertz CT molecular complexity index is 774. The zero-order valence-electron chi connectivity index (χ0n) is 14.2. The van der Waals surface area contributed by atoms with E-state index in [1.54, 1.807) is 6.92 Å². The van der Waals surface area contributed by atoms with Gasteiger partial charge in [-0.25, -0.2) is 13.9 Å². The average Bonchev–Trinajstić information content (AvgIpc) is 2.87. The summed E-state index contributed by atoms with van der Waals surface area (Å²) >= 11 is 6.25. The Balaban J connectivity index is 2.20. The lowest BCUT2D eigenvalue weighted by Crippen LogP contribution is -2.36. The van der Waals surface area contributed by atoms with Crippen LogP contribution in [-0.4, -0.2) is 34.3 Å². The minimum absolute atomic E-state index is 0.0373. The summed E-state index contributed by atoms with van der Waals surface area (Å²) in [5.74, 6) is -1.51. The van der Waals surface area contributed by atoms with Gasteiger partial charge in [-0.3, -0.25) is 4.79 Å². The van der Waals surface area contributed by atoms with Crippen LogP contribution in [0.4, 0.5) is 4.39 Å². The van der Waals surface area contributed by atoms with Crippen molar-refractivity contribution in [1.82, 2.24) is 15.1 Å². The third-order valence-electron chi connectivity index (χ3n) is 3.48. The van der Waals surface area contributed by atoms with Crippen LogP contribution in [0.1, 0.15) is 36.3 Å². The Kier molecular flexibility index (Phi) is 6.14. The predicted molar refractivity (Wildman–Crippen MR) is 91.4 cm³/mol. The number of aromatic nitrogens is 2. The molecule has 0 saturated heterocycles. The molecule has 0 fully saturated rings. The maximum Gasteiger partial charge on any atom is 0.344 e. The number of amides is 1. The van der Waals surface area contributed by atoms with Gasteiger partial charge in [0, 0.05) is 6.54 Å². The minimum atomic E-state index is -0.955. The maximum atomic E-state index is 13.0. The molecule has 1 aromatic carbocycles. The second kappa shape index (κ2) is 8.11. The van der Waals surface area contributed by atoms with E-state index in [1.807, 2.05) is 6.92 Å². The van der Waals surface area contributed by atoms with Gasteiger partial charge in [0.05, 0.1) is 11.4 Å². The monoisotopic (exact) mass is 367 g/mol. The third kappa shape index (κ3) is 4.36. The lowest BCUT2D eigenvalue weighted by atomic mass is 10.2. The Labute approximate surface area is 149 Å². The van der Waals surface area contributed by atoms with Crippen LogP contribution in [0.5, 0.6) is 0 Å². The molecule has 25 heavy (non-hydrogen) atoms. The average molecular weight is 368 g/mol. The fourth-order valence-electron chi connectivity index (χ4n) is 2.15. The number of nitrogens with one attached hydrogen (secondary N) is 1. The lowest BCUT2D eigenvalue weighted by molar-refractivity contribution is -0.129. The highest BCUT2D eigenvalue weighted by molar-refractivity contribution is 6.33. The van der Waals surface area contributed by atoms with E-state index in [0.717, 1.165) is 6.42 Å². The molecule has 6 nitrogen and oxygen atoms in total. The van der Waals surface area contributed by atoms with Crippen LogP contribution in [0.2, 0.25) is 5.15 Å². The predicted octanol–water partition coefficient (Wildman–Crippen LogP) is 3.04. The van der Waals surface area contributed by atoms with Crippen LogP contribution < -0.4 is 5.32 Å². The van der Waals surface area contributed by atoms with Gasteiger partial charge in [0.15, 0.2) is 6.10 Å². The van der Waals surface area contributed by atoms with Gasteiger partial charge < -0.3 is 10.1 Å². The van der Waals surface area contributed by atoms with Crippen LogP contribution in [0, 0.1) is 12.7 Å². The van der Waals surface area contributed by atoms with Crippen molar-refractivity contribution in [2.45, 2.75) is 33.3 Å². The summed E-state index contributed by atoms with van der Waals surface area (Å²) in [4.78, 5) is 24.2. The summed E-state index contributed by atoms with van der Waals surface area (Å²) < 4.78 is 19.5. The Morgan fingerprint density at radius 1 is 1.36 bits per heavy atom. The number of ether oxygens (including phenoxy) is 1. The number of esters is 1. The molecular weight excluding hydrogens is 349 g/mol. The normalized spacial score (nSPS) is 11.9. The molecule has 0 aliphatic carbocycles. The quantitative estimate of drug-likeness (QED) is 0.796. The van der Waals surface area contributed by atoms with Crippen LogP contribution >= 0.6 is 11.6 Å². The van der Waals surface area contributed by atoms with Gasteiger partial charge in [-0.2, -0.15) is 5.10 Å². The summed E-state index contributed by atoms with van der Waals surface area (Å²) in [5, 5.41) is 6.88. The largest absolute Gasteiger partial charge is 0.449 e. The molecule has 0 unspecified atom stereocenters. The van der Waals surface area contributed by atoms with Gasteiger partial charge in [-0.05, 0) is 44.5 Å². The van der Waals surface area contributed by atoms with Gasteiger partial charge in [0.2, 0.25) is 0 Å². The van der Waals surface area contributed by atoms with E-state index in [1.165, 1.54) is 35.9 Å². The van der Waals surface area contributed by atoms with Crippen molar-refractivity contribution in [3.8, 4) is 5.69 Å². The number of benzene rings is 1. The molecule has 1 atom stereocenters. The van der Waals surface area contributed by atoms with Crippen molar-refractivity contribution >= 4 is 23.5 Å². The highest BCUT2D eigenvalue weighted by Crippen LogP contribution is 2.24. The molecular formula is C17H19ClFN3O3. The van der Waals surface area contributed by atoms with Gasteiger partial charge in [0.1, 0.15) is 16.5 Å². The van der Waals surface area contributed by atoms with Crippen molar-refractivity contribution in [1.29, 1.82) is 0 Å². The summed E-state index contributed by atoms with van der Waals surface area (Å²) in [5.41, 5.74) is 0.920. The first kappa shape index (κ1) is 18.9. The van der Waals surface area contributed by atoms with E-state index in [4.69, 9.17) is 16.3 Å². The number of hydrogen-bond acceptors (Lipinski definition) is 4. The summed E-state index contributed by atoms with van der Waals surface area (Å²) in [6, 6.07) is 5.51. The first-order chi connectivity index (χ1) is 11.8. The molecule has 1 amide bonds. The molecule has 0 spiro atoms. The Hall–Kier alpha value is -2.41. The molecule has 0 aliphatic rings. The molecule has 8 heteroatoms. The number of nitrogens with zero attached hydrogens (tertiary/aromatic N) is 2. The van der Waals surface area contributed by atoms with E-state index < -0.39 is 17.9 Å². The lowest BCUT2D eigenvalue weighted by Gasteiger charge is -2.13. The molecule has 1 heterocycles. The number of carbonyl (C=O) groups is 2. The standard InChI is InChI=1S/C17H19ClFN3O3/c1-4-9-20-16(23)11(3)25-17(24)14-10(2)21-22(15(14)18)13-7-5-12(19)6-8-13/h5-8,11H,4,9H2,1-3H3,(H,20,23)/t11-/m1/s1. The summed E-state index contributed by atoms with van der Waals surface area (Å²) in [7, 11) is 0. The summed E-state index contributed by atoms with van der Waals surface area (Å²) in [6.45, 7) is 5.51. The highest BCUT2D eigenvalue weighted by atomic mass is 35.5. The van der Waals surface area contributed by atoms with Crippen molar-refractivity contribution in [3.05, 3.63) is 46.5 Å². The zero-order valence-corrected chi connectivity index (χ0v) is 14.9. The number of aryl methyl sites for hydroxylation is 1. The van der Waals surface area contributed by atoms with E-state index in [0.29, 0.717) is 17.9 Å². The highest BCUT2D eigenvalue weighted by Gasteiger charge is 2.26. The van der Waals surface area contributed by atoms with Gasteiger partial charge in [0.25, 0.3) is 5.91 Å². The fourth-order valence-corrected chi connectivity index (χ4v) is 2.50. The fraction of sp³-hybridized carbons (Fsp3) is 0.353. The zero-order chi connectivity index (χ0) is 18.6. The number of carbonyl (C=O) groups excluding carboxylic acids is 2.